The van der Waals surface area contributed by atoms with Gasteiger partial charge in [-0.1, -0.05) is 24.3 Å². The normalized spacial score (nSPS) is 21.6. The van der Waals surface area contributed by atoms with Crippen molar-refractivity contribution in [1.82, 2.24) is 14.9 Å². The zero-order chi connectivity index (χ0) is 18.4. The number of morpholine rings is 1. The average Bonchev–Trinajstić information content (AvgIpc) is 3.14. The van der Waals surface area contributed by atoms with Gasteiger partial charge in [-0.05, 0) is 30.5 Å². The number of ether oxygens (including phenoxy) is 1. The van der Waals surface area contributed by atoms with Gasteiger partial charge in [0.15, 0.2) is 0 Å². The van der Waals surface area contributed by atoms with Crippen molar-refractivity contribution in [3.63, 3.8) is 0 Å². The van der Waals surface area contributed by atoms with E-state index in [0.29, 0.717) is 39.3 Å². The molecule has 1 amide bonds. The number of hydrogen-bond acceptors (Lipinski definition) is 5. The first-order valence-corrected chi connectivity index (χ1v) is 10.8. The van der Waals surface area contributed by atoms with Crippen molar-refractivity contribution < 1.29 is 17.9 Å². The number of benzene rings is 1. The minimum atomic E-state index is -3.39. The van der Waals surface area contributed by atoms with Crippen LogP contribution in [0.25, 0.3) is 0 Å². The summed E-state index contributed by atoms with van der Waals surface area (Å²) in [7, 11) is -3.39. The van der Waals surface area contributed by atoms with Gasteiger partial charge in [-0.15, -0.1) is 0 Å². The molecular weight excluding hydrogens is 354 g/mol. The van der Waals surface area contributed by atoms with E-state index in [4.69, 9.17) is 4.74 Å². The van der Waals surface area contributed by atoms with E-state index in [1.54, 1.807) is 0 Å². The summed E-state index contributed by atoms with van der Waals surface area (Å²) in [6.45, 7) is 2.99. The molecule has 1 unspecified atom stereocenters. The molecule has 0 aromatic heterocycles. The highest BCUT2D eigenvalue weighted by Crippen LogP contribution is 2.17. The number of rotatable bonds is 7. The maximum atomic E-state index is 12.7. The zero-order valence-corrected chi connectivity index (χ0v) is 15.8. The Hall–Kier alpha value is -1.48. The Morgan fingerprint density at radius 2 is 1.96 bits per heavy atom. The van der Waals surface area contributed by atoms with Crippen LogP contribution in [-0.2, 0) is 31.9 Å². The second kappa shape index (κ2) is 8.94. The molecule has 2 fully saturated rings. The number of sulfonamides is 1. The van der Waals surface area contributed by atoms with Crippen LogP contribution in [0, 0.1) is 0 Å². The number of carbonyl (C=O) groups is 1. The molecule has 2 N–H and O–H groups in total. The number of amides is 1. The van der Waals surface area contributed by atoms with Crippen molar-refractivity contribution in [3.05, 3.63) is 35.4 Å². The van der Waals surface area contributed by atoms with Crippen LogP contribution in [0.15, 0.2) is 24.3 Å². The van der Waals surface area contributed by atoms with E-state index in [2.05, 4.69) is 10.6 Å². The van der Waals surface area contributed by atoms with Gasteiger partial charge in [0, 0.05) is 32.1 Å². The van der Waals surface area contributed by atoms with Gasteiger partial charge in [0.2, 0.25) is 15.9 Å². The second-order valence-corrected chi connectivity index (χ2v) is 8.78. The quantitative estimate of drug-likeness (QED) is 0.722. The highest BCUT2D eigenvalue weighted by molar-refractivity contribution is 7.88. The molecule has 2 saturated heterocycles. The molecule has 8 heteroatoms. The van der Waals surface area contributed by atoms with Crippen LogP contribution in [0.1, 0.15) is 30.4 Å². The van der Waals surface area contributed by atoms with E-state index in [1.165, 1.54) is 4.31 Å². The molecule has 144 valence electrons. The maximum absolute atomic E-state index is 12.7. The lowest BCUT2D eigenvalue weighted by molar-refractivity contribution is -0.121. The van der Waals surface area contributed by atoms with Crippen molar-refractivity contribution in [3.8, 4) is 0 Å². The molecule has 0 spiro atoms. The van der Waals surface area contributed by atoms with E-state index in [1.807, 2.05) is 24.3 Å². The molecule has 0 saturated carbocycles. The molecule has 2 heterocycles. The molecule has 3 rings (SSSR count). The monoisotopic (exact) mass is 381 g/mol. The molecule has 26 heavy (non-hydrogen) atoms. The first-order valence-electron chi connectivity index (χ1n) is 9.17. The van der Waals surface area contributed by atoms with E-state index in [0.717, 1.165) is 30.5 Å². The minimum Gasteiger partial charge on any atom is -0.379 e. The molecule has 1 atom stereocenters. The summed E-state index contributed by atoms with van der Waals surface area (Å²) >= 11 is 0. The van der Waals surface area contributed by atoms with E-state index in [9.17, 15) is 13.2 Å². The molecule has 7 nitrogen and oxygen atoms in total. The zero-order valence-electron chi connectivity index (χ0n) is 14.9. The molecule has 1 aromatic rings. The van der Waals surface area contributed by atoms with Gasteiger partial charge >= 0.3 is 0 Å². The highest BCUT2D eigenvalue weighted by atomic mass is 32.2. The third-order valence-electron chi connectivity index (χ3n) is 4.89. The summed E-state index contributed by atoms with van der Waals surface area (Å²) < 4.78 is 32.0. The Bertz CT molecular complexity index is 711. The van der Waals surface area contributed by atoms with E-state index >= 15 is 0 Å². The lowest BCUT2D eigenvalue weighted by atomic mass is 10.1. The fourth-order valence-corrected chi connectivity index (χ4v) is 4.97. The maximum Gasteiger partial charge on any atom is 0.221 e. The minimum absolute atomic E-state index is 0.00441. The van der Waals surface area contributed by atoms with Gasteiger partial charge in [0.1, 0.15) is 0 Å². The van der Waals surface area contributed by atoms with Crippen LogP contribution in [0.2, 0.25) is 0 Å². The van der Waals surface area contributed by atoms with Crippen molar-refractivity contribution >= 4 is 15.9 Å². The number of carbonyl (C=O) groups excluding carboxylic acids is 1. The Morgan fingerprint density at radius 1 is 1.23 bits per heavy atom. The first-order chi connectivity index (χ1) is 12.5. The molecule has 0 aliphatic carbocycles. The van der Waals surface area contributed by atoms with Crippen LogP contribution >= 0.6 is 0 Å². The average molecular weight is 381 g/mol. The fraction of sp³-hybridized carbons (Fsp3) is 0.611. The van der Waals surface area contributed by atoms with Crippen molar-refractivity contribution in [2.24, 2.45) is 0 Å². The molecular formula is C18H27N3O4S. The first kappa shape index (κ1) is 19.3. The van der Waals surface area contributed by atoms with Crippen LogP contribution in [0.4, 0.5) is 0 Å². The third-order valence-corrected chi connectivity index (χ3v) is 6.72. The standard InChI is InChI=1S/C18H27N3O4S/c22-18(12-17-6-3-7-19-17)20-13-15-4-1-2-5-16(15)14-26(23,24)21-8-10-25-11-9-21/h1-2,4-5,17,19H,3,6-14H2,(H,20,22). The van der Waals surface area contributed by atoms with Crippen LogP contribution in [0.5, 0.6) is 0 Å². The molecule has 1 aromatic carbocycles. The Balaban J connectivity index is 1.59. The summed E-state index contributed by atoms with van der Waals surface area (Å²) in [6.07, 6.45) is 2.61. The molecule has 0 bridgehead atoms. The number of hydrogen-bond donors (Lipinski definition) is 2. The van der Waals surface area contributed by atoms with Crippen LogP contribution in [-0.4, -0.2) is 57.5 Å². The van der Waals surface area contributed by atoms with Gasteiger partial charge in [-0.25, -0.2) is 8.42 Å². The third kappa shape index (κ3) is 5.26. The predicted octanol–water partition coefficient (Wildman–Crippen LogP) is 0.607. The van der Waals surface area contributed by atoms with Gasteiger partial charge in [0.25, 0.3) is 0 Å². The molecule has 0 radical (unpaired) electrons. The predicted molar refractivity (Wildman–Crippen MR) is 98.9 cm³/mol. The largest absolute Gasteiger partial charge is 0.379 e. The highest BCUT2D eigenvalue weighted by Gasteiger charge is 2.25. The Labute approximate surface area is 155 Å². The van der Waals surface area contributed by atoms with Gasteiger partial charge in [-0.2, -0.15) is 4.31 Å². The molecule has 2 aliphatic rings. The van der Waals surface area contributed by atoms with Crippen LogP contribution in [0.3, 0.4) is 0 Å². The summed E-state index contributed by atoms with van der Waals surface area (Å²) in [4.78, 5) is 12.1. The SMILES string of the molecule is O=C(CC1CCCN1)NCc1ccccc1CS(=O)(=O)N1CCOCC1. The van der Waals surface area contributed by atoms with Gasteiger partial charge in [0.05, 0.1) is 19.0 Å². The van der Waals surface area contributed by atoms with Crippen molar-refractivity contribution in [2.45, 2.75) is 37.6 Å². The van der Waals surface area contributed by atoms with E-state index in [-0.39, 0.29) is 17.7 Å². The van der Waals surface area contributed by atoms with Gasteiger partial charge in [-0.3, -0.25) is 4.79 Å². The van der Waals surface area contributed by atoms with E-state index < -0.39 is 10.0 Å². The lowest BCUT2D eigenvalue weighted by Crippen LogP contribution is -2.41. The fourth-order valence-electron chi connectivity index (χ4n) is 3.40. The van der Waals surface area contributed by atoms with Crippen LogP contribution < -0.4 is 10.6 Å². The summed E-state index contributed by atoms with van der Waals surface area (Å²) in [6, 6.07) is 7.64. The number of nitrogens with one attached hydrogen (secondary N) is 2. The summed E-state index contributed by atoms with van der Waals surface area (Å²) in [5.41, 5.74) is 1.58. The second-order valence-electron chi connectivity index (χ2n) is 6.81. The summed E-state index contributed by atoms with van der Waals surface area (Å²) in [5.74, 6) is -0.0568. The Morgan fingerprint density at radius 3 is 2.65 bits per heavy atom. The van der Waals surface area contributed by atoms with Crippen molar-refractivity contribution in [2.75, 3.05) is 32.8 Å². The van der Waals surface area contributed by atoms with Crippen molar-refractivity contribution in [1.29, 1.82) is 0 Å². The smallest absolute Gasteiger partial charge is 0.221 e. The Kier molecular flexibility index (Phi) is 6.63. The van der Waals surface area contributed by atoms with Gasteiger partial charge < -0.3 is 15.4 Å². The topological polar surface area (TPSA) is 87.7 Å². The summed E-state index contributed by atoms with van der Waals surface area (Å²) in [5, 5.41) is 6.23. The molecule has 2 aliphatic heterocycles. The number of nitrogens with zero attached hydrogens (tertiary/aromatic N) is 1. The lowest BCUT2D eigenvalue weighted by Gasteiger charge is -2.26.